The van der Waals surface area contributed by atoms with Gasteiger partial charge in [0.1, 0.15) is 0 Å². The second-order valence-electron chi connectivity index (χ2n) is 9.20. The van der Waals surface area contributed by atoms with Gasteiger partial charge in [0.2, 0.25) is 0 Å². The van der Waals surface area contributed by atoms with E-state index in [-0.39, 0.29) is 34.7 Å². The molecule has 18 heteroatoms. The Morgan fingerprint density at radius 1 is 0.357 bits per heavy atom. The molecule has 0 aliphatic carbocycles. The Bertz CT molecular complexity index is 694. The van der Waals surface area contributed by atoms with E-state index in [1.807, 2.05) is 0 Å². The molecule has 42 heavy (non-hydrogen) atoms. The molecule has 0 aromatic carbocycles. The minimum atomic E-state index is -5.17. The normalized spacial score (nSPS) is 10.9. The molecule has 0 saturated heterocycles. The fourth-order valence-corrected chi connectivity index (χ4v) is 3.49. The number of ether oxygens (including phenoxy) is 1. The summed E-state index contributed by atoms with van der Waals surface area (Å²) in [5.41, 5.74) is 0. The van der Waals surface area contributed by atoms with Crippen LogP contribution >= 0.6 is 0 Å². The molecule has 13 nitrogen and oxygen atoms in total. The van der Waals surface area contributed by atoms with Crippen LogP contribution in [0.15, 0.2) is 0 Å². The number of hydrogen-bond acceptors (Lipinski definition) is 13. The predicted octanol–water partition coefficient (Wildman–Crippen LogP) is 4.07. The maximum absolute atomic E-state index is 8.52. The van der Waals surface area contributed by atoms with Gasteiger partial charge in [0.05, 0.1) is 0 Å². The molecule has 0 unspecified atom stereocenters. The molecule has 248 valence electrons. The van der Waals surface area contributed by atoms with E-state index in [1.54, 1.807) is 0 Å². The maximum Gasteiger partial charge on any atom is 3.00 e. The van der Waals surface area contributed by atoms with Gasteiger partial charge in [-0.2, -0.15) is 0 Å². The summed E-state index contributed by atoms with van der Waals surface area (Å²) in [6.07, 6.45) is 28.2. The predicted molar refractivity (Wildman–Crippen MR) is 157 cm³/mol. The van der Waals surface area contributed by atoms with Crippen LogP contribution in [0.5, 0.6) is 0 Å². The Kier molecular flexibility index (Phi) is 52.0. The summed E-state index contributed by atoms with van der Waals surface area (Å²) in [5.74, 6) is 0. The van der Waals surface area contributed by atoms with E-state index in [9.17, 15) is 0 Å². The van der Waals surface area contributed by atoms with Crippen LogP contribution in [-0.4, -0.2) is 101 Å². The standard InChI is InChI=1S/C24H50O.2Al.3H2O4S/c1-3-5-7-9-11-13-15-17-19-21-23-25-24-22-20-18-16-14-12-10-8-6-4-2;;;3*1-5(2,3)4/h3-24H2,1-2H3;;;3*(H2,1,2,3,4)/q;2*+3;;;/p-6. The van der Waals surface area contributed by atoms with Crippen LogP contribution in [-0.2, 0) is 35.9 Å². The van der Waals surface area contributed by atoms with Crippen LogP contribution < -0.4 is 0 Å². The summed E-state index contributed by atoms with van der Waals surface area (Å²) >= 11 is 0. The van der Waals surface area contributed by atoms with E-state index in [2.05, 4.69) is 13.8 Å². The van der Waals surface area contributed by atoms with Gasteiger partial charge in [0.25, 0.3) is 0 Å². The van der Waals surface area contributed by atoms with E-state index in [0.29, 0.717) is 0 Å². The molecule has 0 heterocycles. The third-order valence-corrected chi connectivity index (χ3v) is 5.28. The molecule has 0 bridgehead atoms. The summed E-state index contributed by atoms with van der Waals surface area (Å²) in [4.78, 5) is 0. The molecule has 0 rings (SSSR count). The average molecular weight is 697 g/mol. The van der Waals surface area contributed by atoms with Crippen molar-refractivity contribution in [1.82, 2.24) is 0 Å². The zero-order valence-corrected chi connectivity index (χ0v) is 30.0. The van der Waals surface area contributed by atoms with Crippen molar-refractivity contribution >= 4 is 65.9 Å². The third-order valence-electron chi connectivity index (χ3n) is 5.28. The van der Waals surface area contributed by atoms with E-state index >= 15 is 0 Å². The second-order valence-corrected chi connectivity index (χ2v) is 11.7. The maximum atomic E-state index is 8.52. The van der Waals surface area contributed by atoms with Gasteiger partial charge >= 0.3 is 34.7 Å². The fraction of sp³-hybridized carbons (Fsp3) is 1.00. The van der Waals surface area contributed by atoms with Crippen molar-refractivity contribution < 1.29 is 57.3 Å². The van der Waals surface area contributed by atoms with Gasteiger partial charge in [-0.3, -0.25) is 25.3 Å². The summed E-state index contributed by atoms with van der Waals surface area (Å²) < 4.78 is 108. The van der Waals surface area contributed by atoms with Gasteiger partial charge in [-0.15, -0.1) is 0 Å². The van der Waals surface area contributed by atoms with Crippen molar-refractivity contribution in [2.45, 2.75) is 142 Å². The van der Waals surface area contributed by atoms with E-state index in [0.717, 1.165) is 13.2 Å². The largest absolute Gasteiger partial charge is 3.00 e. The second kappa shape index (κ2) is 39.7. The third kappa shape index (κ3) is 125. The molecule has 0 atom stereocenters. The zero-order valence-electron chi connectivity index (χ0n) is 25.2. The van der Waals surface area contributed by atoms with Crippen LogP contribution in [0.2, 0.25) is 0 Å². The van der Waals surface area contributed by atoms with E-state index in [1.165, 1.54) is 128 Å². The monoisotopic (exact) mass is 696 g/mol. The van der Waals surface area contributed by atoms with Crippen LogP contribution in [0.4, 0.5) is 0 Å². The van der Waals surface area contributed by atoms with Crippen molar-refractivity contribution in [1.29, 1.82) is 0 Å². The topological polar surface area (TPSA) is 250 Å². The first-order valence-corrected chi connectivity index (χ1v) is 18.0. The SMILES string of the molecule is CCCCCCCCCCCCOCCCCCCCCCCCC.O=S(=O)([O-])[O-].O=S(=O)([O-])[O-].O=S(=O)([O-])[O-].[Al+3].[Al+3]. The molecular formula is C24H50Al2O13S3. The first kappa shape index (κ1) is 55.1. The smallest absolute Gasteiger partial charge is 0.759 e. The Morgan fingerprint density at radius 2 is 0.500 bits per heavy atom. The first-order valence-electron chi connectivity index (χ1n) is 14.0. The van der Waals surface area contributed by atoms with Crippen molar-refractivity contribution in [2.24, 2.45) is 0 Å². The number of rotatable bonds is 22. The summed E-state index contributed by atoms with van der Waals surface area (Å²) in [6.45, 7) is 6.57. The molecular weight excluding hydrogens is 646 g/mol. The van der Waals surface area contributed by atoms with Gasteiger partial charge in [-0.05, 0) is 12.8 Å². The number of hydrogen-bond donors (Lipinski definition) is 0. The van der Waals surface area contributed by atoms with Gasteiger partial charge < -0.3 is 32.1 Å². The molecule has 0 aromatic rings. The average Bonchev–Trinajstić information content (AvgIpc) is 2.77. The fourth-order valence-electron chi connectivity index (χ4n) is 3.49. The minimum absolute atomic E-state index is 0. The Balaban J connectivity index is -0.000000156. The molecule has 0 amide bonds. The van der Waals surface area contributed by atoms with Crippen LogP contribution in [0.25, 0.3) is 0 Å². The zero-order chi connectivity index (χ0) is 31.8. The number of unbranched alkanes of at least 4 members (excludes halogenated alkanes) is 18. The summed E-state index contributed by atoms with van der Waals surface area (Å²) in [7, 11) is -15.5. The Morgan fingerprint density at radius 3 is 0.667 bits per heavy atom. The molecule has 0 N–H and O–H groups in total. The summed E-state index contributed by atoms with van der Waals surface area (Å²) in [5, 5.41) is 0. The molecule has 0 radical (unpaired) electrons. The Hall–Kier alpha value is 0.635. The molecule has 0 spiro atoms. The van der Waals surface area contributed by atoms with Gasteiger partial charge in [0, 0.05) is 44.4 Å². The molecule has 0 aliphatic heterocycles. The van der Waals surface area contributed by atoms with Crippen LogP contribution in [0.1, 0.15) is 142 Å². The van der Waals surface area contributed by atoms with E-state index in [4.69, 9.17) is 57.3 Å². The van der Waals surface area contributed by atoms with Gasteiger partial charge in [0.15, 0.2) is 0 Å². The van der Waals surface area contributed by atoms with Crippen molar-refractivity contribution in [2.75, 3.05) is 13.2 Å². The minimum Gasteiger partial charge on any atom is -0.759 e. The Labute approximate surface area is 277 Å². The van der Waals surface area contributed by atoms with E-state index < -0.39 is 31.2 Å². The van der Waals surface area contributed by atoms with Crippen LogP contribution in [0, 0.1) is 0 Å². The van der Waals surface area contributed by atoms with Crippen molar-refractivity contribution in [3.63, 3.8) is 0 Å². The molecule has 0 saturated carbocycles. The molecule has 0 aromatic heterocycles. The van der Waals surface area contributed by atoms with Crippen molar-refractivity contribution in [3.8, 4) is 0 Å². The quantitative estimate of drug-likeness (QED) is 0.0670. The van der Waals surface area contributed by atoms with Crippen LogP contribution in [0.3, 0.4) is 0 Å². The first-order chi connectivity index (χ1) is 18.4. The van der Waals surface area contributed by atoms with Gasteiger partial charge in [-0.1, -0.05) is 129 Å². The molecule has 0 fully saturated rings. The summed E-state index contributed by atoms with van der Waals surface area (Å²) in [6, 6.07) is 0. The molecule has 0 aliphatic rings. The van der Waals surface area contributed by atoms with Gasteiger partial charge in [-0.25, -0.2) is 0 Å². The van der Waals surface area contributed by atoms with Crippen molar-refractivity contribution in [3.05, 3.63) is 0 Å².